The van der Waals surface area contributed by atoms with Crippen LogP contribution in [0.4, 0.5) is 0 Å². The predicted molar refractivity (Wildman–Crippen MR) is 125 cm³/mol. The van der Waals surface area contributed by atoms with E-state index in [4.69, 9.17) is 0 Å². The Kier molecular flexibility index (Phi) is 5.27. The molecule has 3 heterocycles. The lowest BCUT2D eigenvalue weighted by atomic mass is 9.86. The topological polar surface area (TPSA) is 77.2 Å². The Labute approximate surface area is 192 Å². The van der Waals surface area contributed by atoms with Gasteiger partial charge in [0, 0.05) is 31.5 Å². The molecule has 1 saturated heterocycles. The van der Waals surface area contributed by atoms with Crippen molar-refractivity contribution in [3.63, 3.8) is 0 Å². The molecule has 1 atom stereocenters. The van der Waals surface area contributed by atoms with Gasteiger partial charge in [0.05, 0.1) is 13.0 Å². The fourth-order valence-electron chi connectivity index (χ4n) is 5.08. The molecule has 0 N–H and O–H groups in total. The summed E-state index contributed by atoms with van der Waals surface area (Å²) in [6.45, 7) is 6.01. The van der Waals surface area contributed by atoms with Gasteiger partial charge in [-0.05, 0) is 37.0 Å². The molecule has 0 saturated carbocycles. The van der Waals surface area contributed by atoms with Crippen LogP contribution in [0.25, 0.3) is 0 Å². The normalized spacial score (nSPS) is 19.3. The summed E-state index contributed by atoms with van der Waals surface area (Å²) in [6.07, 6.45) is 1.79. The molecule has 5 rings (SSSR count). The van der Waals surface area contributed by atoms with Crippen LogP contribution in [0.15, 0.2) is 58.1 Å². The number of carbonyl (C=O) groups excluding carboxylic acids is 1. The van der Waals surface area contributed by atoms with Crippen LogP contribution in [0, 0.1) is 19.3 Å². The number of aryl methyl sites for hydroxylation is 2. The Bertz CT molecular complexity index is 1340. The first-order valence-corrected chi connectivity index (χ1v) is 11.4. The van der Waals surface area contributed by atoms with Crippen LogP contribution in [0.2, 0.25) is 0 Å². The highest BCUT2D eigenvalue weighted by Crippen LogP contribution is 2.39. The summed E-state index contributed by atoms with van der Waals surface area (Å²) in [5.74, 6) is 0.747. The van der Waals surface area contributed by atoms with Crippen LogP contribution >= 0.6 is 0 Å². The van der Waals surface area contributed by atoms with Gasteiger partial charge in [-0.3, -0.25) is 19.0 Å². The highest BCUT2D eigenvalue weighted by Gasteiger charge is 2.45. The predicted octanol–water partition coefficient (Wildman–Crippen LogP) is 2.09. The number of benzene rings is 2. The van der Waals surface area contributed by atoms with Crippen LogP contribution in [0.3, 0.4) is 0 Å². The van der Waals surface area contributed by atoms with Crippen LogP contribution in [0.5, 0.6) is 0 Å². The van der Waals surface area contributed by atoms with Gasteiger partial charge in [-0.1, -0.05) is 54.1 Å². The lowest BCUT2D eigenvalue weighted by Gasteiger charge is -2.23. The Morgan fingerprint density at radius 3 is 2.52 bits per heavy atom. The molecule has 2 aromatic carbocycles. The molecular weight excluding hydrogens is 416 g/mol. The minimum atomic E-state index is -0.596. The summed E-state index contributed by atoms with van der Waals surface area (Å²) in [7, 11) is 0. The zero-order valence-corrected chi connectivity index (χ0v) is 19.1. The van der Waals surface area contributed by atoms with Crippen molar-refractivity contribution in [3.05, 3.63) is 97.3 Å². The molecule has 0 bridgehead atoms. The summed E-state index contributed by atoms with van der Waals surface area (Å²) >= 11 is 0. The van der Waals surface area contributed by atoms with Gasteiger partial charge in [-0.2, -0.15) is 5.10 Å². The van der Waals surface area contributed by atoms with Gasteiger partial charge in [0.15, 0.2) is 0 Å². The van der Waals surface area contributed by atoms with E-state index in [1.807, 2.05) is 67.3 Å². The Morgan fingerprint density at radius 2 is 1.76 bits per heavy atom. The van der Waals surface area contributed by atoms with E-state index in [9.17, 15) is 14.4 Å². The number of amides is 1. The molecule has 1 amide bonds. The van der Waals surface area contributed by atoms with Gasteiger partial charge in [-0.25, -0.2) is 4.68 Å². The van der Waals surface area contributed by atoms with Gasteiger partial charge >= 0.3 is 11.1 Å². The summed E-state index contributed by atoms with van der Waals surface area (Å²) in [4.78, 5) is 40.5. The van der Waals surface area contributed by atoms with Crippen molar-refractivity contribution >= 4 is 5.91 Å². The lowest BCUT2D eigenvalue weighted by molar-refractivity contribution is -0.129. The Morgan fingerprint density at radius 1 is 1.00 bits per heavy atom. The minimum absolute atomic E-state index is 0.108. The maximum Gasteiger partial charge on any atom is 0.332 e. The molecule has 7 heteroatoms. The number of rotatable bonds is 4. The van der Waals surface area contributed by atoms with Crippen molar-refractivity contribution in [2.24, 2.45) is 5.41 Å². The molecule has 3 aromatic rings. The maximum atomic E-state index is 13.0. The third-order valence-corrected chi connectivity index (χ3v) is 7.08. The Hall–Kier alpha value is -3.48. The highest BCUT2D eigenvalue weighted by atomic mass is 16.2. The molecule has 0 unspecified atom stereocenters. The number of aromatic nitrogens is 3. The first-order valence-electron chi connectivity index (χ1n) is 11.4. The standard InChI is InChI=1S/C26H28N4O3/c1-18-7-9-20(10-8-18)15-30-25(33)24(32)29-17-26(14-22(29)27-30)11-12-28(16-26)23(31)13-21-6-4-3-5-19(21)2/h3-10H,11-17H2,1-2H3/t26-/m1/s1. The SMILES string of the molecule is Cc1ccc(Cn2nc3n(c(=O)c2=O)C[C@]2(CCN(C(=O)Cc4ccccc4C)C2)C3)cc1. The molecule has 0 radical (unpaired) electrons. The molecule has 0 aliphatic carbocycles. The molecule has 2 aliphatic heterocycles. The van der Waals surface area contributed by atoms with Crippen LogP contribution in [-0.2, 0) is 30.7 Å². The number of hydrogen-bond acceptors (Lipinski definition) is 4. The molecule has 2 aliphatic rings. The zero-order chi connectivity index (χ0) is 23.2. The molecule has 33 heavy (non-hydrogen) atoms. The quantitative estimate of drug-likeness (QED) is 0.578. The summed E-state index contributed by atoms with van der Waals surface area (Å²) in [5.41, 5.74) is 2.89. The minimum Gasteiger partial charge on any atom is -0.342 e. The largest absolute Gasteiger partial charge is 0.342 e. The number of fused-ring (bicyclic) bond motifs is 1. The van der Waals surface area contributed by atoms with Gasteiger partial charge in [0.25, 0.3) is 0 Å². The van der Waals surface area contributed by atoms with Gasteiger partial charge in [0.1, 0.15) is 5.82 Å². The van der Waals surface area contributed by atoms with Crippen molar-refractivity contribution in [3.8, 4) is 0 Å². The van der Waals surface area contributed by atoms with Crippen LogP contribution in [-0.4, -0.2) is 38.2 Å². The number of likely N-dealkylation sites (tertiary alicyclic amines) is 1. The first kappa shape index (κ1) is 21.4. The summed E-state index contributed by atoms with van der Waals surface area (Å²) < 4.78 is 2.82. The van der Waals surface area contributed by atoms with Crippen LogP contribution in [0.1, 0.15) is 34.5 Å². The average molecular weight is 445 g/mol. The van der Waals surface area contributed by atoms with E-state index in [2.05, 4.69) is 5.10 Å². The summed E-state index contributed by atoms with van der Waals surface area (Å²) in [6, 6.07) is 15.8. The second-order valence-corrected chi connectivity index (χ2v) is 9.60. The number of carbonyl (C=O) groups is 1. The third kappa shape index (κ3) is 4.03. The maximum absolute atomic E-state index is 13.0. The van der Waals surface area contributed by atoms with E-state index in [0.29, 0.717) is 38.3 Å². The third-order valence-electron chi connectivity index (χ3n) is 7.08. The van der Waals surface area contributed by atoms with E-state index >= 15 is 0 Å². The molecule has 170 valence electrons. The first-order chi connectivity index (χ1) is 15.8. The zero-order valence-electron chi connectivity index (χ0n) is 19.1. The number of hydrogen-bond donors (Lipinski definition) is 0. The monoisotopic (exact) mass is 444 g/mol. The molecule has 7 nitrogen and oxygen atoms in total. The average Bonchev–Trinajstić information content (AvgIpc) is 3.38. The second-order valence-electron chi connectivity index (χ2n) is 9.60. The van der Waals surface area contributed by atoms with E-state index in [1.54, 1.807) is 0 Å². The summed E-state index contributed by atoms with van der Waals surface area (Å²) in [5, 5.41) is 4.56. The fourth-order valence-corrected chi connectivity index (χ4v) is 5.08. The highest BCUT2D eigenvalue weighted by molar-refractivity contribution is 5.79. The smallest absolute Gasteiger partial charge is 0.332 e. The van der Waals surface area contributed by atoms with E-state index in [1.165, 1.54) is 9.25 Å². The second kappa shape index (κ2) is 8.14. The van der Waals surface area contributed by atoms with Gasteiger partial charge in [0.2, 0.25) is 5.91 Å². The fraction of sp³-hybridized carbons (Fsp3) is 0.385. The van der Waals surface area contributed by atoms with Gasteiger partial charge < -0.3 is 4.90 Å². The van der Waals surface area contributed by atoms with E-state index < -0.39 is 11.1 Å². The Balaban J connectivity index is 1.34. The van der Waals surface area contributed by atoms with Gasteiger partial charge in [-0.15, -0.1) is 0 Å². The lowest BCUT2D eigenvalue weighted by Crippen LogP contribution is -2.43. The molecular formula is C26H28N4O3. The molecule has 1 fully saturated rings. The van der Waals surface area contributed by atoms with Crippen molar-refractivity contribution in [2.45, 2.75) is 46.2 Å². The van der Waals surface area contributed by atoms with E-state index in [0.717, 1.165) is 28.7 Å². The molecule has 1 aromatic heterocycles. The van der Waals surface area contributed by atoms with Crippen molar-refractivity contribution in [2.75, 3.05) is 13.1 Å². The van der Waals surface area contributed by atoms with E-state index in [-0.39, 0.29) is 17.9 Å². The van der Waals surface area contributed by atoms with Crippen molar-refractivity contribution < 1.29 is 4.79 Å². The van der Waals surface area contributed by atoms with Crippen LogP contribution < -0.4 is 11.1 Å². The van der Waals surface area contributed by atoms with Crippen molar-refractivity contribution in [1.29, 1.82) is 0 Å². The number of nitrogens with zero attached hydrogens (tertiary/aromatic N) is 4. The van der Waals surface area contributed by atoms with Crippen molar-refractivity contribution in [1.82, 2.24) is 19.2 Å². The molecule has 1 spiro atoms.